The van der Waals surface area contributed by atoms with Gasteiger partial charge in [0.15, 0.2) is 0 Å². The van der Waals surface area contributed by atoms with E-state index in [0.717, 1.165) is 32.1 Å². The highest BCUT2D eigenvalue weighted by molar-refractivity contribution is 5.93. The van der Waals surface area contributed by atoms with Gasteiger partial charge in [0.05, 0.1) is 0 Å². The summed E-state index contributed by atoms with van der Waals surface area (Å²) in [6.07, 6.45) is 12.4. The zero-order chi connectivity index (χ0) is 18.7. The van der Waals surface area contributed by atoms with E-state index in [4.69, 9.17) is 0 Å². The highest BCUT2D eigenvalue weighted by Crippen LogP contribution is 2.68. The second-order valence-corrected chi connectivity index (χ2v) is 11.3. The zero-order valence-electron chi connectivity index (χ0n) is 17.0. The molecule has 0 unspecified atom stereocenters. The number of hydrogen-bond acceptors (Lipinski definition) is 2. The minimum absolute atomic E-state index is 0.0459. The zero-order valence-corrected chi connectivity index (χ0v) is 17.0. The summed E-state index contributed by atoms with van der Waals surface area (Å²) < 4.78 is 0. The molecule has 7 aliphatic rings. The van der Waals surface area contributed by atoms with Crippen LogP contribution in [0.3, 0.4) is 0 Å². The fourth-order valence-corrected chi connectivity index (χ4v) is 9.00. The third-order valence-corrected chi connectivity index (χ3v) is 10.1. The largest absolute Gasteiger partial charge is 0.299 e. The second-order valence-electron chi connectivity index (χ2n) is 11.3. The van der Waals surface area contributed by atoms with Crippen molar-refractivity contribution >= 4 is 11.6 Å². The van der Waals surface area contributed by atoms with E-state index in [1.807, 2.05) is 0 Å². The Labute approximate surface area is 162 Å². The summed E-state index contributed by atoms with van der Waals surface area (Å²) in [6, 6.07) is 0. The van der Waals surface area contributed by atoms with Crippen molar-refractivity contribution in [2.75, 3.05) is 0 Å². The van der Waals surface area contributed by atoms with Crippen LogP contribution in [0, 0.1) is 52.3 Å². The highest BCUT2D eigenvalue weighted by atomic mass is 16.1. The first-order valence-corrected chi connectivity index (χ1v) is 11.3. The number of Topliss-reactive ketones (excluding diaryl/α,β-unsaturated/α-hetero) is 2. The van der Waals surface area contributed by atoms with Gasteiger partial charge in [-0.3, -0.25) is 9.59 Å². The summed E-state index contributed by atoms with van der Waals surface area (Å²) in [6.45, 7) is 6.74. The molecule has 0 aromatic heterocycles. The topological polar surface area (TPSA) is 34.1 Å². The SMILES string of the molecule is CC1(C)C(=O)[C@@H]2C3=C([C@H]4CC[C@]5(C)C(=O)CC[C@H]5[C@@H]4CC3)[C@H]1[C@H]1CC=C[C@@H]21. The molecule has 0 radical (unpaired) electrons. The van der Waals surface area contributed by atoms with Crippen LogP contribution in [-0.2, 0) is 9.59 Å². The highest BCUT2D eigenvalue weighted by Gasteiger charge is 2.64. The lowest BCUT2D eigenvalue weighted by Gasteiger charge is -2.61. The smallest absolute Gasteiger partial charge is 0.146 e. The summed E-state index contributed by atoms with van der Waals surface area (Å²) in [5.74, 6) is 4.73. The van der Waals surface area contributed by atoms with Crippen molar-refractivity contribution in [1.29, 1.82) is 0 Å². The molecule has 0 aromatic rings. The summed E-state index contributed by atoms with van der Waals surface area (Å²) >= 11 is 0. The van der Waals surface area contributed by atoms with Crippen LogP contribution in [0.5, 0.6) is 0 Å². The van der Waals surface area contributed by atoms with Crippen LogP contribution >= 0.6 is 0 Å². The van der Waals surface area contributed by atoms with Gasteiger partial charge in [0.25, 0.3) is 0 Å². The average Bonchev–Trinajstić information content (AvgIpc) is 3.22. The van der Waals surface area contributed by atoms with Crippen molar-refractivity contribution in [1.82, 2.24) is 0 Å². The second kappa shape index (κ2) is 5.05. The molecule has 2 bridgehead atoms. The molecule has 0 saturated heterocycles. The van der Waals surface area contributed by atoms with E-state index in [1.165, 1.54) is 12.8 Å². The Hall–Kier alpha value is -1.18. The van der Waals surface area contributed by atoms with E-state index >= 15 is 0 Å². The van der Waals surface area contributed by atoms with Crippen LogP contribution in [0.25, 0.3) is 0 Å². The Morgan fingerprint density at radius 1 is 1.00 bits per heavy atom. The summed E-state index contributed by atoms with van der Waals surface area (Å²) in [5.41, 5.74) is 3.04. The minimum atomic E-state index is -0.204. The van der Waals surface area contributed by atoms with Gasteiger partial charge in [-0.1, -0.05) is 44.1 Å². The van der Waals surface area contributed by atoms with Gasteiger partial charge < -0.3 is 0 Å². The van der Waals surface area contributed by atoms with Crippen molar-refractivity contribution in [2.45, 2.75) is 65.7 Å². The fraction of sp³-hybridized carbons (Fsp3) is 0.760. The Bertz CT molecular complexity index is 814. The molecule has 2 nitrogen and oxygen atoms in total. The first kappa shape index (κ1) is 16.7. The molecular weight excluding hydrogens is 332 g/mol. The summed E-state index contributed by atoms with van der Waals surface area (Å²) in [7, 11) is 0. The molecule has 0 heterocycles. The number of fused-ring (bicyclic) bond motifs is 4. The average molecular weight is 365 g/mol. The van der Waals surface area contributed by atoms with Gasteiger partial charge in [0.2, 0.25) is 0 Å². The van der Waals surface area contributed by atoms with E-state index in [-0.39, 0.29) is 16.7 Å². The number of carbonyl (C=O) groups excluding carboxylic acids is 2. The van der Waals surface area contributed by atoms with E-state index in [2.05, 4.69) is 32.9 Å². The number of carbonyl (C=O) groups is 2. The molecule has 0 spiro atoms. The van der Waals surface area contributed by atoms with Crippen molar-refractivity contribution in [2.24, 2.45) is 52.3 Å². The van der Waals surface area contributed by atoms with Crippen molar-refractivity contribution in [3.05, 3.63) is 23.3 Å². The van der Waals surface area contributed by atoms with Gasteiger partial charge in [-0.25, -0.2) is 0 Å². The van der Waals surface area contributed by atoms with Crippen molar-refractivity contribution < 1.29 is 9.59 Å². The van der Waals surface area contributed by atoms with Gasteiger partial charge in [-0.15, -0.1) is 0 Å². The molecule has 3 fully saturated rings. The molecule has 2 heteroatoms. The first-order chi connectivity index (χ1) is 12.9. The molecule has 7 aliphatic carbocycles. The predicted molar refractivity (Wildman–Crippen MR) is 105 cm³/mol. The third-order valence-electron chi connectivity index (χ3n) is 10.1. The van der Waals surface area contributed by atoms with Crippen LogP contribution in [0.15, 0.2) is 23.3 Å². The monoisotopic (exact) mass is 364 g/mol. The molecule has 0 aromatic carbocycles. The third kappa shape index (κ3) is 1.80. The van der Waals surface area contributed by atoms with E-state index in [1.54, 1.807) is 11.1 Å². The fourth-order valence-electron chi connectivity index (χ4n) is 9.00. The van der Waals surface area contributed by atoms with Crippen LogP contribution in [0.2, 0.25) is 0 Å². The summed E-state index contributed by atoms with van der Waals surface area (Å²) in [4.78, 5) is 26.1. The minimum Gasteiger partial charge on any atom is -0.299 e. The molecule has 7 rings (SSSR count). The Balaban J connectivity index is 1.47. The molecule has 0 N–H and O–H groups in total. The molecule has 27 heavy (non-hydrogen) atoms. The number of hydrogen-bond donors (Lipinski definition) is 0. The predicted octanol–water partition coefficient (Wildman–Crippen LogP) is 5.14. The van der Waals surface area contributed by atoms with Crippen LogP contribution in [0.1, 0.15) is 65.7 Å². The molecule has 0 amide bonds. The first-order valence-electron chi connectivity index (χ1n) is 11.3. The number of allylic oxidation sites excluding steroid dienone is 4. The van der Waals surface area contributed by atoms with Crippen LogP contribution in [-0.4, -0.2) is 11.6 Å². The van der Waals surface area contributed by atoms with Gasteiger partial charge in [-0.2, -0.15) is 0 Å². The van der Waals surface area contributed by atoms with Crippen LogP contribution < -0.4 is 0 Å². The van der Waals surface area contributed by atoms with E-state index in [0.29, 0.717) is 47.1 Å². The number of ketones is 2. The maximum atomic E-state index is 13.4. The normalized spacial score (nSPS) is 51.9. The summed E-state index contributed by atoms with van der Waals surface area (Å²) in [5, 5.41) is 0. The molecule has 0 aliphatic heterocycles. The van der Waals surface area contributed by atoms with Crippen molar-refractivity contribution in [3.8, 4) is 0 Å². The standard InChI is InChI=1S/C25H32O2/c1-24(2)22-16-6-4-5-14(16)21(23(24)27)17-8-7-13-15(20(17)22)11-12-25(3)18(13)9-10-19(25)26/h4-5,13-16,18,21-22H,6-12H2,1-3H3/t13-,14-,15+,16+,18+,21+,22-,25+/m1/s1. The molecular formula is C25H32O2. The lowest BCUT2D eigenvalue weighted by atomic mass is 9.42. The number of rotatable bonds is 0. The van der Waals surface area contributed by atoms with Gasteiger partial charge in [-0.05, 0) is 74.0 Å². The van der Waals surface area contributed by atoms with Crippen molar-refractivity contribution in [3.63, 3.8) is 0 Å². The Morgan fingerprint density at radius 2 is 1.81 bits per heavy atom. The lowest BCUT2D eigenvalue weighted by Crippen LogP contribution is -2.59. The maximum absolute atomic E-state index is 13.4. The molecule has 8 atom stereocenters. The maximum Gasteiger partial charge on any atom is 0.146 e. The van der Waals surface area contributed by atoms with Crippen LogP contribution in [0.4, 0.5) is 0 Å². The quantitative estimate of drug-likeness (QED) is 0.558. The van der Waals surface area contributed by atoms with Gasteiger partial charge in [0, 0.05) is 23.2 Å². The Kier molecular flexibility index (Phi) is 3.13. The van der Waals surface area contributed by atoms with E-state index < -0.39 is 0 Å². The molecule has 144 valence electrons. The van der Waals surface area contributed by atoms with E-state index in [9.17, 15) is 9.59 Å². The Morgan fingerprint density at radius 3 is 2.63 bits per heavy atom. The lowest BCUT2D eigenvalue weighted by molar-refractivity contribution is -0.144. The van der Waals surface area contributed by atoms with Gasteiger partial charge in [0.1, 0.15) is 11.6 Å². The van der Waals surface area contributed by atoms with Gasteiger partial charge >= 0.3 is 0 Å². The molecule has 3 saturated carbocycles.